The third-order valence-electron chi connectivity index (χ3n) is 4.66. The Labute approximate surface area is 143 Å². The average Bonchev–Trinajstić information content (AvgIpc) is 2.83. The van der Waals surface area contributed by atoms with Gasteiger partial charge in [-0.15, -0.1) is 0 Å². The average molecular weight is 326 g/mol. The van der Waals surface area contributed by atoms with Crippen LogP contribution < -0.4 is 4.90 Å². The van der Waals surface area contributed by atoms with E-state index in [2.05, 4.69) is 43.0 Å². The highest BCUT2D eigenvalue weighted by Crippen LogP contribution is 2.38. The molecular formula is C19H26N4O. The van der Waals surface area contributed by atoms with Crippen LogP contribution in [-0.2, 0) is 18.3 Å². The van der Waals surface area contributed by atoms with Crippen LogP contribution in [0.3, 0.4) is 0 Å². The molecule has 1 aliphatic rings. The standard InChI is InChI=1S/C19H26N4O/c1-12-10-13(2)17(14(3)11-12)23-9-7-8-16-18(15(4)21-24-6)22(5)20-19(16)23/h10-11H,7-9H2,1-6H3/b21-15-. The van der Waals surface area contributed by atoms with Crippen LogP contribution in [0.4, 0.5) is 11.5 Å². The second-order valence-electron chi connectivity index (χ2n) is 6.64. The number of rotatable bonds is 3. The number of fused-ring (bicyclic) bond motifs is 1. The zero-order valence-corrected chi connectivity index (χ0v) is 15.5. The van der Waals surface area contributed by atoms with Crippen LogP contribution in [0, 0.1) is 20.8 Å². The second kappa shape index (κ2) is 6.30. The van der Waals surface area contributed by atoms with Crippen LogP contribution in [0.2, 0.25) is 0 Å². The minimum atomic E-state index is 0.868. The van der Waals surface area contributed by atoms with Crippen molar-refractivity contribution in [3.8, 4) is 0 Å². The summed E-state index contributed by atoms with van der Waals surface area (Å²) in [5, 5.41) is 8.94. The van der Waals surface area contributed by atoms with Gasteiger partial charge in [0.2, 0.25) is 0 Å². The molecule has 0 aliphatic carbocycles. The second-order valence-corrected chi connectivity index (χ2v) is 6.64. The van der Waals surface area contributed by atoms with Gasteiger partial charge < -0.3 is 9.74 Å². The van der Waals surface area contributed by atoms with Crippen molar-refractivity contribution in [2.75, 3.05) is 18.6 Å². The normalized spacial score (nSPS) is 14.8. The summed E-state index contributed by atoms with van der Waals surface area (Å²) < 4.78 is 1.93. The molecule has 0 radical (unpaired) electrons. The van der Waals surface area contributed by atoms with Gasteiger partial charge in [0.15, 0.2) is 5.82 Å². The van der Waals surface area contributed by atoms with Gasteiger partial charge in [-0.3, -0.25) is 4.68 Å². The molecule has 0 saturated heterocycles. The van der Waals surface area contributed by atoms with E-state index in [1.165, 1.54) is 27.9 Å². The Hall–Kier alpha value is -2.30. The maximum atomic E-state index is 4.97. The molecule has 2 aromatic rings. The van der Waals surface area contributed by atoms with E-state index >= 15 is 0 Å². The molecular weight excluding hydrogens is 300 g/mol. The summed E-state index contributed by atoms with van der Waals surface area (Å²) in [7, 11) is 3.56. The van der Waals surface area contributed by atoms with E-state index < -0.39 is 0 Å². The van der Waals surface area contributed by atoms with Gasteiger partial charge in [-0.2, -0.15) is 5.10 Å². The third-order valence-corrected chi connectivity index (χ3v) is 4.66. The van der Waals surface area contributed by atoms with Crippen LogP contribution in [0.5, 0.6) is 0 Å². The Morgan fingerprint density at radius 2 is 1.88 bits per heavy atom. The topological polar surface area (TPSA) is 42.7 Å². The summed E-state index contributed by atoms with van der Waals surface area (Å²) >= 11 is 0. The predicted octanol–water partition coefficient (Wildman–Crippen LogP) is 3.80. The molecule has 0 bridgehead atoms. The Balaban J connectivity index is 2.15. The van der Waals surface area contributed by atoms with Crippen molar-refractivity contribution in [3.63, 3.8) is 0 Å². The van der Waals surface area contributed by atoms with Gasteiger partial charge in [-0.1, -0.05) is 22.9 Å². The first-order chi connectivity index (χ1) is 11.4. The van der Waals surface area contributed by atoms with Gasteiger partial charge in [0.05, 0.1) is 5.69 Å². The summed E-state index contributed by atoms with van der Waals surface area (Å²) in [4.78, 5) is 7.34. The van der Waals surface area contributed by atoms with Crippen molar-refractivity contribution < 1.29 is 4.84 Å². The quantitative estimate of drug-likeness (QED) is 0.636. The number of nitrogens with zero attached hydrogens (tertiary/aromatic N) is 4. The summed E-state index contributed by atoms with van der Waals surface area (Å²) in [5.74, 6) is 1.06. The van der Waals surface area contributed by atoms with E-state index in [9.17, 15) is 0 Å². The highest BCUT2D eigenvalue weighted by Gasteiger charge is 2.28. The first-order valence-corrected chi connectivity index (χ1v) is 8.43. The largest absolute Gasteiger partial charge is 0.399 e. The third kappa shape index (κ3) is 2.68. The fraction of sp³-hybridized carbons (Fsp3) is 0.474. The van der Waals surface area contributed by atoms with Crippen molar-refractivity contribution >= 4 is 17.2 Å². The summed E-state index contributed by atoms with van der Waals surface area (Å²) in [6.07, 6.45) is 2.13. The summed E-state index contributed by atoms with van der Waals surface area (Å²) in [5.41, 5.74) is 8.39. The lowest BCUT2D eigenvalue weighted by molar-refractivity contribution is 0.213. The first kappa shape index (κ1) is 16.6. The highest BCUT2D eigenvalue weighted by atomic mass is 16.6. The zero-order chi connectivity index (χ0) is 17.4. The summed E-state index contributed by atoms with van der Waals surface area (Å²) in [6.45, 7) is 9.49. The molecule has 1 aliphatic heterocycles. The lowest BCUT2D eigenvalue weighted by Gasteiger charge is -2.30. The van der Waals surface area contributed by atoms with Crippen LogP contribution in [-0.4, -0.2) is 29.1 Å². The lowest BCUT2D eigenvalue weighted by atomic mass is 9.99. The Kier molecular flexibility index (Phi) is 4.35. The number of anilines is 2. The fourth-order valence-corrected chi connectivity index (χ4v) is 3.97. The molecule has 0 amide bonds. The molecule has 0 fully saturated rings. The van der Waals surface area contributed by atoms with E-state index in [4.69, 9.17) is 9.94 Å². The molecule has 128 valence electrons. The molecule has 1 aromatic carbocycles. The number of aryl methyl sites for hydroxylation is 4. The monoisotopic (exact) mass is 326 g/mol. The maximum absolute atomic E-state index is 4.97. The minimum absolute atomic E-state index is 0.868. The van der Waals surface area contributed by atoms with E-state index in [1.807, 2.05) is 18.7 Å². The van der Waals surface area contributed by atoms with Gasteiger partial charge >= 0.3 is 0 Å². The van der Waals surface area contributed by atoms with E-state index in [-0.39, 0.29) is 0 Å². The maximum Gasteiger partial charge on any atom is 0.158 e. The highest BCUT2D eigenvalue weighted by molar-refractivity contribution is 5.99. The minimum Gasteiger partial charge on any atom is -0.399 e. The fourth-order valence-electron chi connectivity index (χ4n) is 3.97. The van der Waals surface area contributed by atoms with Crippen molar-refractivity contribution in [2.24, 2.45) is 12.2 Å². The van der Waals surface area contributed by atoms with Gasteiger partial charge in [0.1, 0.15) is 12.8 Å². The molecule has 0 N–H and O–H groups in total. The molecule has 1 aromatic heterocycles. The number of hydrogen-bond donors (Lipinski definition) is 0. The zero-order valence-electron chi connectivity index (χ0n) is 15.5. The van der Waals surface area contributed by atoms with Gasteiger partial charge in [-0.25, -0.2) is 0 Å². The molecule has 0 atom stereocenters. The molecule has 2 heterocycles. The molecule has 0 spiro atoms. The van der Waals surface area contributed by atoms with E-state index in [0.717, 1.165) is 36.6 Å². The van der Waals surface area contributed by atoms with Crippen molar-refractivity contribution in [3.05, 3.63) is 40.1 Å². The predicted molar refractivity (Wildman–Crippen MR) is 98.4 cm³/mol. The molecule has 0 saturated carbocycles. The van der Waals surface area contributed by atoms with Crippen molar-refractivity contribution in [1.82, 2.24) is 9.78 Å². The van der Waals surface area contributed by atoms with Gasteiger partial charge in [0.25, 0.3) is 0 Å². The smallest absolute Gasteiger partial charge is 0.158 e. The van der Waals surface area contributed by atoms with E-state index in [1.54, 1.807) is 7.11 Å². The molecule has 5 nitrogen and oxygen atoms in total. The van der Waals surface area contributed by atoms with Crippen molar-refractivity contribution in [2.45, 2.75) is 40.5 Å². The molecule has 0 unspecified atom stereocenters. The molecule has 24 heavy (non-hydrogen) atoms. The van der Waals surface area contributed by atoms with Crippen LogP contribution in [0.25, 0.3) is 0 Å². The van der Waals surface area contributed by atoms with Crippen molar-refractivity contribution in [1.29, 1.82) is 0 Å². The Morgan fingerprint density at radius 3 is 2.50 bits per heavy atom. The number of aromatic nitrogens is 2. The van der Waals surface area contributed by atoms with Gasteiger partial charge in [0, 0.05) is 24.8 Å². The first-order valence-electron chi connectivity index (χ1n) is 8.43. The number of hydrogen-bond acceptors (Lipinski definition) is 4. The van der Waals surface area contributed by atoms with E-state index in [0.29, 0.717) is 0 Å². The lowest BCUT2D eigenvalue weighted by Crippen LogP contribution is -2.26. The Bertz CT molecular complexity index is 781. The van der Waals surface area contributed by atoms with Crippen LogP contribution in [0.15, 0.2) is 17.3 Å². The SMILES string of the molecule is CO/N=C(/C)c1c2c(nn1C)N(c1c(C)cc(C)cc1C)CCC2. The number of benzene rings is 1. The molecule has 5 heteroatoms. The van der Waals surface area contributed by atoms with Crippen LogP contribution in [0.1, 0.15) is 41.3 Å². The molecule has 3 rings (SSSR count). The summed E-state index contributed by atoms with van der Waals surface area (Å²) in [6, 6.07) is 4.50. The van der Waals surface area contributed by atoms with Crippen LogP contribution >= 0.6 is 0 Å². The van der Waals surface area contributed by atoms with Gasteiger partial charge in [-0.05, 0) is 51.7 Å². The number of oxime groups is 1. The Morgan fingerprint density at radius 1 is 1.21 bits per heavy atom.